The fourth-order valence-electron chi connectivity index (χ4n) is 3.45. The minimum Gasteiger partial charge on any atom is -0.486 e. The Balaban J connectivity index is 1.23. The van der Waals surface area contributed by atoms with Crippen molar-refractivity contribution in [1.29, 1.82) is 0 Å². The van der Waals surface area contributed by atoms with E-state index in [1.165, 1.54) is 0 Å². The SMILES string of the molecule is O=C(NCc1ccc2c(c1)OCO2)NC1(c2ccc3c(c2)OCCO3)CC1. The van der Waals surface area contributed by atoms with E-state index >= 15 is 0 Å². The summed E-state index contributed by atoms with van der Waals surface area (Å²) >= 11 is 0. The number of fused-ring (bicyclic) bond motifs is 2. The van der Waals surface area contributed by atoms with Crippen LogP contribution in [0.1, 0.15) is 24.0 Å². The third-order valence-corrected chi connectivity index (χ3v) is 5.09. The second-order valence-electron chi connectivity index (χ2n) is 6.94. The fraction of sp³-hybridized carbons (Fsp3) is 0.350. The number of nitrogens with one attached hydrogen (secondary N) is 2. The molecule has 2 aromatic carbocycles. The summed E-state index contributed by atoms with van der Waals surface area (Å²) in [4.78, 5) is 12.4. The molecule has 7 nitrogen and oxygen atoms in total. The van der Waals surface area contributed by atoms with Crippen LogP contribution in [-0.4, -0.2) is 26.0 Å². The molecule has 0 atom stereocenters. The predicted octanol–water partition coefficient (Wildman–Crippen LogP) is 2.68. The Morgan fingerprint density at radius 2 is 1.59 bits per heavy atom. The van der Waals surface area contributed by atoms with E-state index in [0.717, 1.165) is 41.2 Å². The van der Waals surface area contributed by atoms with E-state index in [9.17, 15) is 4.79 Å². The minimum absolute atomic E-state index is 0.194. The Morgan fingerprint density at radius 1 is 0.889 bits per heavy atom. The van der Waals surface area contributed by atoms with Crippen molar-refractivity contribution in [2.75, 3.05) is 20.0 Å². The number of rotatable bonds is 4. The summed E-state index contributed by atoms with van der Waals surface area (Å²) in [6.07, 6.45) is 1.81. The number of benzene rings is 2. The lowest BCUT2D eigenvalue weighted by Gasteiger charge is -2.23. The van der Waals surface area contributed by atoms with Crippen LogP contribution in [0.4, 0.5) is 4.79 Å². The normalized spacial score (nSPS) is 17.9. The van der Waals surface area contributed by atoms with Crippen LogP contribution in [0.25, 0.3) is 0 Å². The summed E-state index contributed by atoms with van der Waals surface area (Å²) < 4.78 is 21.9. The maximum atomic E-state index is 12.4. The molecule has 3 aliphatic rings. The van der Waals surface area contributed by atoms with E-state index in [1.807, 2.05) is 36.4 Å². The van der Waals surface area contributed by atoms with E-state index in [4.69, 9.17) is 18.9 Å². The first-order valence-electron chi connectivity index (χ1n) is 9.07. The summed E-state index contributed by atoms with van der Waals surface area (Å²) in [5.41, 5.74) is 1.68. The molecule has 0 spiro atoms. The van der Waals surface area contributed by atoms with E-state index < -0.39 is 0 Å². The van der Waals surface area contributed by atoms with Gasteiger partial charge in [-0.1, -0.05) is 12.1 Å². The highest BCUT2D eigenvalue weighted by Gasteiger charge is 2.46. The average Bonchev–Trinajstić information content (AvgIpc) is 3.32. The molecule has 2 amide bonds. The molecule has 0 bridgehead atoms. The molecule has 140 valence electrons. The Hall–Kier alpha value is -3.09. The summed E-state index contributed by atoms with van der Waals surface area (Å²) in [7, 11) is 0. The lowest BCUT2D eigenvalue weighted by Crippen LogP contribution is -2.42. The number of ether oxygens (including phenoxy) is 4. The first kappa shape index (κ1) is 16.1. The molecule has 2 aliphatic heterocycles. The lowest BCUT2D eigenvalue weighted by molar-refractivity contribution is 0.171. The Bertz CT molecular complexity index is 894. The van der Waals surface area contributed by atoms with Gasteiger partial charge in [0.2, 0.25) is 6.79 Å². The monoisotopic (exact) mass is 368 g/mol. The molecule has 2 heterocycles. The van der Waals surface area contributed by atoms with Crippen LogP contribution < -0.4 is 29.6 Å². The van der Waals surface area contributed by atoms with Crippen LogP contribution in [0.5, 0.6) is 23.0 Å². The standard InChI is InChI=1S/C20H20N2O5/c23-19(21-11-13-1-3-16-17(9-13)27-12-26-16)22-20(5-6-20)14-2-4-15-18(10-14)25-8-7-24-15/h1-4,9-10H,5-8,11-12H2,(H2,21,22,23). The maximum absolute atomic E-state index is 12.4. The van der Waals surface area contributed by atoms with Crippen molar-refractivity contribution in [2.45, 2.75) is 24.9 Å². The molecule has 0 unspecified atom stereocenters. The van der Waals surface area contributed by atoms with Crippen molar-refractivity contribution in [2.24, 2.45) is 0 Å². The van der Waals surface area contributed by atoms with E-state index in [0.29, 0.717) is 25.5 Å². The van der Waals surface area contributed by atoms with Crippen molar-refractivity contribution in [3.05, 3.63) is 47.5 Å². The smallest absolute Gasteiger partial charge is 0.315 e. The topological polar surface area (TPSA) is 78.1 Å². The highest BCUT2D eigenvalue weighted by atomic mass is 16.7. The number of hydrogen-bond acceptors (Lipinski definition) is 5. The summed E-state index contributed by atoms with van der Waals surface area (Å²) in [6.45, 7) is 1.77. The van der Waals surface area contributed by atoms with Gasteiger partial charge in [-0.25, -0.2) is 4.79 Å². The number of carbonyl (C=O) groups excluding carboxylic acids is 1. The highest BCUT2D eigenvalue weighted by Crippen LogP contribution is 2.47. The molecule has 1 saturated carbocycles. The molecule has 0 radical (unpaired) electrons. The molecule has 0 aromatic heterocycles. The summed E-state index contributed by atoms with van der Waals surface area (Å²) in [5.74, 6) is 2.95. The first-order valence-corrected chi connectivity index (χ1v) is 9.07. The molecule has 27 heavy (non-hydrogen) atoms. The van der Waals surface area contributed by atoms with E-state index in [1.54, 1.807) is 0 Å². The molecule has 7 heteroatoms. The van der Waals surface area contributed by atoms with Crippen LogP contribution in [0, 0.1) is 0 Å². The third-order valence-electron chi connectivity index (χ3n) is 5.09. The Kier molecular flexibility index (Phi) is 3.74. The molecule has 5 rings (SSSR count). The van der Waals surface area contributed by atoms with Crippen LogP contribution in [0.2, 0.25) is 0 Å². The average molecular weight is 368 g/mol. The zero-order valence-electron chi connectivity index (χ0n) is 14.7. The van der Waals surface area contributed by atoms with E-state index in [-0.39, 0.29) is 18.4 Å². The van der Waals surface area contributed by atoms with Gasteiger partial charge in [0.05, 0.1) is 5.54 Å². The van der Waals surface area contributed by atoms with Gasteiger partial charge < -0.3 is 29.6 Å². The first-order chi connectivity index (χ1) is 13.2. The number of amides is 2. The van der Waals surface area contributed by atoms with Crippen molar-refractivity contribution in [3.8, 4) is 23.0 Å². The minimum atomic E-state index is -0.325. The van der Waals surface area contributed by atoms with Gasteiger partial charge in [-0.2, -0.15) is 0 Å². The molecule has 0 saturated heterocycles. The number of carbonyl (C=O) groups is 1. The largest absolute Gasteiger partial charge is 0.486 e. The summed E-state index contributed by atoms with van der Waals surface area (Å²) in [6, 6.07) is 11.3. The lowest BCUT2D eigenvalue weighted by atomic mass is 10.0. The maximum Gasteiger partial charge on any atom is 0.315 e. The molecule has 1 aliphatic carbocycles. The van der Waals surface area contributed by atoms with Crippen molar-refractivity contribution < 1.29 is 23.7 Å². The Labute approximate surface area is 156 Å². The van der Waals surface area contributed by atoms with Gasteiger partial charge in [-0.05, 0) is 48.2 Å². The van der Waals surface area contributed by atoms with Crippen LogP contribution in [0.3, 0.4) is 0 Å². The Morgan fingerprint density at radius 3 is 2.44 bits per heavy atom. The second-order valence-corrected chi connectivity index (χ2v) is 6.94. The van der Waals surface area contributed by atoms with Gasteiger partial charge in [0.25, 0.3) is 0 Å². The van der Waals surface area contributed by atoms with Gasteiger partial charge in [0, 0.05) is 6.54 Å². The van der Waals surface area contributed by atoms with Gasteiger partial charge in [0.15, 0.2) is 23.0 Å². The quantitative estimate of drug-likeness (QED) is 0.868. The number of hydrogen-bond donors (Lipinski definition) is 2. The van der Waals surface area contributed by atoms with Crippen LogP contribution in [0.15, 0.2) is 36.4 Å². The molecule has 2 N–H and O–H groups in total. The van der Waals surface area contributed by atoms with Crippen molar-refractivity contribution in [1.82, 2.24) is 10.6 Å². The van der Waals surface area contributed by atoms with Crippen LogP contribution >= 0.6 is 0 Å². The second kappa shape index (κ2) is 6.26. The van der Waals surface area contributed by atoms with Gasteiger partial charge in [0.1, 0.15) is 13.2 Å². The van der Waals surface area contributed by atoms with E-state index in [2.05, 4.69) is 10.6 Å². The molecule has 1 fully saturated rings. The number of urea groups is 1. The zero-order valence-corrected chi connectivity index (χ0v) is 14.7. The summed E-state index contributed by atoms with van der Waals surface area (Å²) in [5, 5.41) is 6.03. The fourth-order valence-corrected chi connectivity index (χ4v) is 3.45. The molecular formula is C20H20N2O5. The zero-order chi connectivity index (χ0) is 18.3. The molecule has 2 aromatic rings. The van der Waals surface area contributed by atoms with Crippen molar-refractivity contribution >= 4 is 6.03 Å². The molecular weight excluding hydrogens is 348 g/mol. The third kappa shape index (κ3) is 3.09. The van der Waals surface area contributed by atoms with Gasteiger partial charge >= 0.3 is 6.03 Å². The van der Waals surface area contributed by atoms with Crippen LogP contribution in [-0.2, 0) is 12.1 Å². The highest BCUT2D eigenvalue weighted by molar-refractivity contribution is 5.76. The van der Waals surface area contributed by atoms with Gasteiger partial charge in [-0.15, -0.1) is 0 Å². The predicted molar refractivity (Wildman–Crippen MR) is 96.3 cm³/mol. The van der Waals surface area contributed by atoms with Gasteiger partial charge in [-0.3, -0.25) is 0 Å². The van der Waals surface area contributed by atoms with Crippen molar-refractivity contribution in [3.63, 3.8) is 0 Å².